The molecular formula is C41H37FGeIrN2O-2. The number of furan rings is 1. The summed E-state index contributed by atoms with van der Waals surface area (Å²) >= 11 is -1.73. The fourth-order valence-electron chi connectivity index (χ4n) is 5.40. The first-order valence-corrected chi connectivity index (χ1v) is 23.0. The van der Waals surface area contributed by atoms with E-state index in [0.29, 0.717) is 11.5 Å². The number of benzene rings is 4. The molecule has 0 aliphatic rings. The molecular weight excluding hydrogens is 820 g/mol. The van der Waals surface area contributed by atoms with Gasteiger partial charge in [-0.15, -0.1) is 18.2 Å². The largest absolute Gasteiger partial charge is 0 e. The van der Waals surface area contributed by atoms with Crippen molar-refractivity contribution in [3.63, 3.8) is 0 Å². The summed E-state index contributed by atoms with van der Waals surface area (Å²) in [5, 5.41) is 2.00. The summed E-state index contributed by atoms with van der Waals surface area (Å²) in [6, 6.07) is 37.7. The predicted octanol–water partition coefficient (Wildman–Crippen LogP) is 10.8. The van der Waals surface area contributed by atoms with Crippen LogP contribution in [0.25, 0.3) is 55.6 Å². The molecule has 4 aromatic carbocycles. The minimum atomic E-state index is -1.73. The van der Waals surface area contributed by atoms with Crippen LogP contribution in [-0.4, -0.2) is 23.2 Å². The van der Waals surface area contributed by atoms with Crippen LogP contribution in [0.4, 0.5) is 4.39 Å². The molecule has 0 aliphatic heterocycles. The van der Waals surface area contributed by atoms with Gasteiger partial charge < -0.3 is 9.40 Å². The molecule has 3 nitrogen and oxygen atoms in total. The van der Waals surface area contributed by atoms with Gasteiger partial charge >= 0.3 is 106 Å². The number of hydrogen-bond acceptors (Lipinski definition) is 3. The Balaban J connectivity index is 0.000000207. The Bertz CT molecular complexity index is 2130. The maximum atomic E-state index is 14.2. The van der Waals surface area contributed by atoms with Crippen LogP contribution in [0.3, 0.4) is 0 Å². The molecule has 3 heterocycles. The zero-order valence-corrected chi connectivity index (χ0v) is 32.0. The second-order valence-electron chi connectivity index (χ2n) is 13.0. The van der Waals surface area contributed by atoms with Crippen LogP contribution in [0.5, 0.6) is 0 Å². The number of nitrogens with zero attached hydrogens (tertiary/aromatic N) is 2. The monoisotopic (exact) mass is 859 g/mol. The molecule has 7 aromatic rings. The molecule has 0 aliphatic carbocycles. The average Bonchev–Trinajstić information content (AvgIpc) is 3.43. The van der Waals surface area contributed by atoms with Gasteiger partial charge in [0.05, 0.1) is 5.58 Å². The molecule has 0 saturated heterocycles. The van der Waals surface area contributed by atoms with Gasteiger partial charge in [0.2, 0.25) is 0 Å². The van der Waals surface area contributed by atoms with Crippen molar-refractivity contribution >= 4 is 39.6 Å². The Morgan fingerprint density at radius 3 is 2.30 bits per heavy atom. The summed E-state index contributed by atoms with van der Waals surface area (Å²) in [5.74, 6) is 7.32. The summed E-state index contributed by atoms with van der Waals surface area (Å²) in [6.07, 6.45) is 3.87. The fraction of sp³-hybridized carbons (Fsp3) is 0.171. The zero-order valence-electron chi connectivity index (χ0n) is 27.5. The summed E-state index contributed by atoms with van der Waals surface area (Å²) in [5.41, 5.74) is 9.05. The summed E-state index contributed by atoms with van der Waals surface area (Å²) in [6.45, 7) is 6.40. The Morgan fingerprint density at radius 2 is 1.62 bits per heavy atom. The van der Waals surface area contributed by atoms with E-state index < -0.39 is 13.3 Å². The average molecular weight is 858 g/mol. The Hall–Kier alpha value is -3.90. The molecule has 0 atom stereocenters. The molecule has 3 aromatic heterocycles. The van der Waals surface area contributed by atoms with Gasteiger partial charge in [0.25, 0.3) is 0 Å². The molecule has 0 N–H and O–H groups in total. The van der Waals surface area contributed by atoms with Gasteiger partial charge in [-0.1, -0.05) is 66.8 Å². The van der Waals surface area contributed by atoms with Gasteiger partial charge in [-0.3, -0.25) is 0 Å². The number of aromatic nitrogens is 2. The first-order valence-electron chi connectivity index (χ1n) is 15.6. The molecule has 239 valence electrons. The van der Waals surface area contributed by atoms with Gasteiger partial charge in [0.15, 0.2) is 0 Å². The van der Waals surface area contributed by atoms with E-state index in [-0.39, 0.29) is 25.9 Å². The van der Waals surface area contributed by atoms with E-state index in [1.54, 1.807) is 12.1 Å². The van der Waals surface area contributed by atoms with Gasteiger partial charge in [-0.25, -0.2) is 4.39 Å². The molecule has 0 saturated carbocycles. The van der Waals surface area contributed by atoms with E-state index in [4.69, 9.17) is 4.42 Å². The molecule has 0 bridgehead atoms. The summed E-state index contributed by atoms with van der Waals surface area (Å²) in [7, 11) is 0. The summed E-state index contributed by atoms with van der Waals surface area (Å²) < 4.78 is 21.9. The zero-order chi connectivity index (χ0) is 32.4. The van der Waals surface area contributed by atoms with Crippen molar-refractivity contribution in [2.24, 2.45) is 0 Å². The molecule has 0 amide bonds. The van der Waals surface area contributed by atoms with Crippen molar-refractivity contribution in [2.75, 3.05) is 0 Å². The first kappa shape index (κ1) is 34.4. The number of aryl methyl sites for hydroxylation is 1. The molecule has 0 fully saturated rings. The van der Waals surface area contributed by atoms with E-state index in [1.807, 2.05) is 60.9 Å². The third-order valence-electron chi connectivity index (χ3n) is 8.20. The Kier molecular flexibility index (Phi) is 10.6. The Labute approximate surface area is 293 Å². The van der Waals surface area contributed by atoms with Gasteiger partial charge in [0.1, 0.15) is 11.4 Å². The number of pyridine rings is 2. The van der Waals surface area contributed by atoms with Crippen LogP contribution in [0.2, 0.25) is 17.3 Å². The van der Waals surface area contributed by atoms with E-state index in [1.165, 1.54) is 21.6 Å². The topological polar surface area (TPSA) is 38.9 Å². The number of hydrogen-bond donors (Lipinski definition) is 0. The van der Waals surface area contributed by atoms with Crippen molar-refractivity contribution in [1.29, 1.82) is 0 Å². The molecule has 1 radical (unpaired) electrons. The fourth-order valence-corrected chi connectivity index (χ4v) is 7.57. The van der Waals surface area contributed by atoms with E-state index in [9.17, 15) is 4.39 Å². The smallest absolute Gasteiger partial charge is 0 e. The van der Waals surface area contributed by atoms with Crippen molar-refractivity contribution in [1.82, 2.24) is 9.97 Å². The maximum absolute atomic E-state index is 14.2. The van der Waals surface area contributed by atoms with Crippen molar-refractivity contribution in [3.8, 4) is 33.6 Å². The predicted molar refractivity (Wildman–Crippen MR) is 191 cm³/mol. The minimum Gasteiger partial charge on any atom is 0 e. The SMILES string of the molecule is CC(C)c1ccnc(-c2[c-]ccc3c2oc2cc(-c4ccccc4F)ccc23)c1.Cc1c[c-]c(-c2cc[c]([Ge]([CH3])([CH3])[CH3])cn2)cc1.[Ir]. The third kappa shape index (κ3) is 7.65. The van der Waals surface area contributed by atoms with Gasteiger partial charge in [-0.05, 0) is 35.4 Å². The van der Waals surface area contributed by atoms with Crippen LogP contribution in [0.1, 0.15) is 30.9 Å². The second kappa shape index (κ2) is 14.5. The van der Waals surface area contributed by atoms with Crippen molar-refractivity contribution in [3.05, 3.63) is 139 Å². The molecule has 0 unspecified atom stereocenters. The van der Waals surface area contributed by atoms with Gasteiger partial charge in [0, 0.05) is 37.3 Å². The number of fused-ring (bicyclic) bond motifs is 3. The molecule has 47 heavy (non-hydrogen) atoms. The van der Waals surface area contributed by atoms with E-state index in [0.717, 1.165) is 50.0 Å². The van der Waals surface area contributed by atoms with Crippen LogP contribution >= 0.6 is 0 Å². The third-order valence-corrected chi connectivity index (χ3v) is 12.5. The Morgan fingerprint density at radius 1 is 0.809 bits per heavy atom. The maximum Gasteiger partial charge on any atom is 0 e. The molecule has 6 heteroatoms. The number of halogens is 1. The molecule has 7 rings (SSSR count). The standard InChI is InChI=1S/C26H19FNO.C15H18GeN.Ir/c1-16(2)17-12-13-28-24(14-17)22-8-5-7-21-20-11-10-18(15-25(20)29-26(21)22)19-6-3-4-9-23(19)27;1-12-5-7-13(8-6-12)15-10-9-14(11-17-15)16(2,3)4;/h3-7,9-16H,1-2H3;5-7,9-11H,1-4H3;/q2*-1;. The van der Waals surface area contributed by atoms with E-state index >= 15 is 0 Å². The van der Waals surface area contributed by atoms with Crippen molar-refractivity contribution in [2.45, 2.75) is 44.0 Å². The van der Waals surface area contributed by atoms with Gasteiger partial charge in [-0.2, -0.15) is 0 Å². The van der Waals surface area contributed by atoms with Crippen molar-refractivity contribution < 1.29 is 28.9 Å². The normalized spacial score (nSPS) is 11.3. The van der Waals surface area contributed by atoms with E-state index in [2.05, 4.69) is 90.5 Å². The number of rotatable bonds is 5. The van der Waals surface area contributed by atoms with Crippen LogP contribution in [0.15, 0.2) is 114 Å². The second-order valence-corrected chi connectivity index (χ2v) is 23.6. The van der Waals surface area contributed by atoms with Crippen LogP contribution in [-0.2, 0) is 20.1 Å². The molecule has 0 spiro atoms. The van der Waals surface area contributed by atoms with Crippen LogP contribution < -0.4 is 4.40 Å². The quantitative estimate of drug-likeness (QED) is 0.128. The summed E-state index contributed by atoms with van der Waals surface area (Å²) in [4.78, 5) is 9.11. The minimum absolute atomic E-state index is 0. The van der Waals surface area contributed by atoms with Crippen LogP contribution in [0, 0.1) is 24.9 Å². The first-order chi connectivity index (χ1) is 22.1.